The highest BCUT2D eigenvalue weighted by atomic mass is 32.2. The molecule has 174 valence electrons. The van der Waals surface area contributed by atoms with Gasteiger partial charge in [0.2, 0.25) is 15.9 Å². The van der Waals surface area contributed by atoms with Crippen molar-refractivity contribution in [1.82, 2.24) is 19.8 Å². The first kappa shape index (κ1) is 22.7. The van der Waals surface area contributed by atoms with Crippen LogP contribution < -0.4 is 10.6 Å². The number of hydrogen-bond acceptors (Lipinski definition) is 5. The predicted octanol–water partition coefficient (Wildman–Crippen LogP) is 1.73. The van der Waals surface area contributed by atoms with E-state index in [0.717, 1.165) is 37.0 Å². The summed E-state index contributed by atoms with van der Waals surface area (Å²) in [5.41, 5.74) is -0.0928. The third kappa shape index (κ3) is 4.52. The molecule has 1 spiro atoms. The number of hydrogen-bond donors (Lipinski definition) is 2. The second-order valence-corrected chi connectivity index (χ2v) is 10.8. The van der Waals surface area contributed by atoms with Crippen LogP contribution in [0.25, 0.3) is 0 Å². The fourth-order valence-corrected chi connectivity index (χ4v) is 6.36. The van der Waals surface area contributed by atoms with Crippen molar-refractivity contribution in [1.29, 1.82) is 0 Å². The van der Waals surface area contributed by atoms with Crippen LogP contribution in [0.3, 0.4) is 0 Å². The maximum atomic E-state index is 12.9. The van der Waals surface area contributed by atoms with Gasteiger partial charge in [0.1, 0.15) is 5.54 Å². The van der Waals surface area contributed by atoms with Gasteiger partial charge in [-0.1, -0.05) is 31.4 Å². The first-order chi connectivity index (χ1) is 15.3. The number of nitrogens with zero attached hydrogens (tertiary/aromatic N) is 2. The maximum absolute atomic E-state index is 12.9. The van der Waals surface area contributed by atoms with Gasteiger partial charge in [0.25, 0.3) is 5.91 Å². The minimum absolute atomic E-state index is 0.000999. The molecule has 4 amide bonds. The molecule has 4 rings (SSSR count). The largest absolute Gasteiger partial charge is 0.352 e. The lowest BCUT2D eigenvalue weighted by Crippen LogP contribution is -2.44. The van der Waals surface area contributed by atoms with E-state index in [0.29, 0.717) is 31.5 Å². The number of rotatable bonds is 7. The van der Waals surface area contributed by atoms with Gasteiger partial charge in [-0.3, -0.25) is 14.5 Å². The van der Waals surface area contributed by atoms with Crippen molar-refractivity contribution in [2.45, 2.75) is 68.3 Å². The number of benzene rings is 1. The second kappa shape index (κ2) is 9.19. The number of imide groups is 1. The summed E-state index contributed by atoms with van der Waals surface area (Å²) in [6, 6.07) is 6.17. The van der Waals surface area contributed by atoms with Crippen molar-refractivity contribution >= 4 is 27.9 Å². The summed E-state index contributed by atoms with van der Waals surface area (Å²) < 4.78 is 27.2. The van der Waals surface area contributed by atoms with Gasteiger partial charge in [0.05, 0.1) is 4.90 Å². The van der Waals surface area contributed by atoms with Gasteiger partial charge < -0.3 is 10.6 Å². The van der Waals surface area contributed by atoms with Gasteiger partial charge >= 0.3 is 6.03 Å². The number of urea groups is 1. The van der Waals surface area contributed by atoms with Gasteiger partial charge in [-0.15, -0.1) is 0 Å². The summed E-state index contributed by atoms with van der Waals surface area (Å²) in [5, 5.41) is 5.56. The number of nitrogens with one attached hydrogen (secondary N) is 2. The van der Waals surface area contributed by atoms with Crippen LogP contribution in [0.4, 0.5) is 4.79 Å². The Balaban J connectivity index is 1.30. The molecule has 9 nitrogen and oxygen atoms in total. The summed E-state index contributed by atoms with van der Waals surface area (Å²) in [5.74, 6) is -0.536. The van der Waals surface area contributed by atoms with Crippen LogP contribution in [0.2, 0.25) is 0 Å². The van der Waals surface area contributed by atoms with E-state index in [2.05, 4.69) is 10.6 Å². The molecule has 3 fully saturated rings. The standard InChI is InChI=1S/C22H30N4O5S/c27-19(9-14-26-20(28)22(24-21(26)29)10-2-3-11-22)23-16-17-7-6-8-18(15-17)32(30,31)25-12-4-1-5-13-25/h6-8,15H,1-5,9-14,16H2,(H,23,27)(H,24,29). The highest BCUT2D eigenvalue weighted by molar-refractivity contribution is 7.89. The van der Waals surface area contributed by atoms with Gasteiger partial charge in [-0.05, 0) is 43.4 Å². The van der Waals surface area contributed by atoms with Gasteiger partial charge in [0.15, 0.2) is 0 Å². The zero-order valence-corrected chi connectivity index (χ0v) is 19.0. The topological polar surface area (TPSA) is 116 Å². The number of piperidine rings is 1. The number of sulfonamides is 1. The zero-order chi connectivity index (χ0) is 22.8. The van der Waals surface area contributed by atoms with Gasteiger partial charge in [-0.2, -0.15) is 4.31 Å². The van der Waals surface area contributed by atoms with E-state index in [1.54, 1.807) is 24.3 Å². The van der Waals surface area contributed by atoms with Crippen molar-refractivity contribution in [3.63, 3.8) is 0 Å². The molecule has 1 aliphatic carbocycles. The van der Waals surface area contributed by atoms with E-state index < -0.39 is 21.6 Å². The van der Waals surface area contributed by atoms with Crippen LogP contribution >= 0.6 is 0 Å². The Morgan fingerprint density at radius 2 is 1.78 bits per heavy atom. The molecule has 0 bridgehead atoms. The van der Waals surface area contributed by atoms with Crippen LogP contribution in [0.5, 0.6) is 0 Å². The molecule has 3 aliphatic rings. The molecule has 0 unspecified atom stereocenters. The second-order valence-electron chi connectivity index (χ2n) is 8.82. The van der Waals surface area contributed by atoms with Crippen molar-refractivity contribution in [3.05, 3.63) is 29.8 Å². The van der Waals surface area contributed by atoms with Gasteiger partial charge in [-0.25, -0.2) is 13.2 Å². The summed E-state index contributed by atoms with van der Waals surface area (Å²) in [4.78, 5) is 38.5. The molecule has 2 N–H and O–H groups in total. The van der Waals surface area contributed by atoms with Crippen molar-refractivity contribution in [2.75, 3.05) is 19.6 Å². The first-order valence-corrected chi connectivity index (χ1v) is 12.8. The Hall–Kier alpha value is -2.46. The first-order valence-electron chi connectivity index (χ1n) is 11.3. The van der Waals surface area contributed by atoms with Crippen molar-refractivity contribution < 1.29 is 22.8 Å². The molecular weight excluding hydrogens is 432 g/mol. The summed E-state index contributed by atoms with van der Waals surface area (Å²) in [6.07, 6.45) is 5.90. The highest BCUT2D eigenvalue weighted by Gasteiger charge is 2.52. The van der Waals surface area contributed by atoms with E-state index >= 15 is 0 Å². The summed E-state index contributed by atoms with van der Waals surface area (Å²) in [7, 11) is -3.54. The Morgan fingerprint density at radius 3 is 2.50 bits per heavy atom. The minimum Gasteiger partial charge on any atom is -0.352 e. The third-order valence-electron chi connectivity index (χ3n) is 6.61. The lowest BCUT2D eigenvalue weighted by molar-refractivity contribution is -0.131. The molecule has 32 heavy (non-hydrogen) atoms. The Labute approximate surface area is 188 Å². The predicted molar refractivity (Wildman–Crippen MR) is 117 cm³/mol. The smallest absolute Gasteiger partial charge is 0.325 e. The number of carbonyl (C=O) groups is 3. The normalized spacial score (nSPS) is 21.2. The Kier molecular flexibility index (Phi) is 6.52. The average Bonchev–Trinajstić information content (AvgIpc) is 3.36. The van der Waals surface area contributed by atoms with E-state index in [1.165, 1.54) is 4.31 Å². The average molecular weight is 463 g/mol. The third-order valence-corrected chi connectivity index (χ3v) is 8.50. The highest BCUT2D eigenvalue weighted by Crippen LogP contribution is 2.35. The fraction of sp³-hybridized carbons (Fsp3) is 0.591. The molecule has 0 atom stereocenters. The number of carbonyl (C=O) groups excluding carboxylic acids is 3. The quantitative estimate of drug-likeness (QED) is 0.599. The number of amides is 4. The van der Waals surface area contributed by atoms with Crippen molar-refractivity contribution in [2.24, 2.45) is 0 Å². The maximum Gasteiger partial charge on any atom is 0.325 e. The summed E-state index contributed by atoms with van der Waals surface area (Å²) >= 11 is 0. The Bertz CT molecular complexity index is 997. The lowest BCUT2D eigenvalue weighted by atomic mass is 9.98. The molecule has 1 aromatic carbocycles. The van der Waals surface area contributed by atoms with E-state index in [1.807, 2.05) is 0 Å². The molecule has 10 heteroatoms. The summed E-state index contributed by atoms with van der Waals surface area (Å²) in [6.45, 7) is 1.27. The van der Waals surface area contributed by atoms with Crippen LogP contribution in [0.15, 0.2) is 29.2 Å². The molecule has 1 saturated carbocycles. The lowest BCUT2D eigenvalue weighted by Gasteiger charge is -2.26. The van der Waals surface area contributed by atoms with E-state index in [-0.39, 0.29) is 36.2 Å². The van der Waals surface area contributed by atoms with Gasteiger partial charge in [0, 0.05) is 32.6 Å². The van der Waals surface area contributed by atoms with Crippen LogP contribution in [0, 0.1) is 0 Å². The van der Waals surface area contributed by atoms with Crippen LogP contribution in [-0.2, 0) is 26.2 Å². The molecular formula is C22H30N4O5S. The zero-order valence-electron chi connectivity index (χ0n) is 18.1. The SMILES string of the molecule is O=C(CCN1C(=O)NC2(CCCC2)C1=O)NCc1cccc(S(=O)(=O)N2CCCCC2)c1. The molecule has 0 aromatic heterocycles. The molecule has 1 aromatic rings. The molecule has 0 radical (unpaired) electrons. The minimum atomic E-state index is -3.54. The fourth-order valence-electron chi connectivity index (χ4n) is 4.77. The molecule has 2 heterocycles. The van der Waals surface area contributed by atoms with E-state index in [9.17, 15) is 22.8 Å². The monoisotopic (exact) mass is 462 g/mol. The van der Waals surface area contributed by atoms with Crippen LogP contribution in [0.1, 0.15) is 56.9 Å². The molecule has 2 saturated heterocycles. The Morgan fingerprint density at radius 1 is 1.06 bits per heavy atom. The van der Waals surface area contributed by atoms with E-state index in [4.69, 9.17) is 0 Å². The van der Waals surface area contributed by atoms with Crippen LogP contribution in [-0.4, -0.2) is 60.6 Å². The molecule has 2 aliphatic heterocycles. The van der Waals surface area contributed by atoms with Crippen molar-refractivity contribution in [3.8, 4) is 0 Å².